The van der Waals surface area contributed by atoms with Gasteiger partial charge in [0.05, 0.1) is 25.8 Å². The molecular weight excluding hydrogens is 339 g/mol. The van der Waals surface area contributed by atoms with E-state index in [2.05, 4.69) is 10.6 Å². The summed E-state index contributed by atoms with van der Waals surface area (Å²) in [5, 5.41) is 15.5. The zero-order valence-electron chi connectivity index (χ0n) is 12.1. The third-order valence-electron chi connectivity index (χ3n) is 2.59. The first kappa shape index (κ1) is 22.8. The van der Waals surface area contributed by atoms with E-state index < -0.39 is 0 Å². The number of rotatable bonds is 9. The quantitative estimate of drug-likeness (QED) is 0.586. The van der Waals surface area contributed by atoms with Crippen LogP contribution in [0.5, 0.6) is 11.5 Å². The molecule has 0 aromatic heterocycles. The van der Waals surface area contributed by atoms with Crippen molar-refractivity contribution in [1.29, 1.82) is 0 Å². The molecule has 0 heterocycles. The number of halogens is 3. The molecule has 0 fully saturated rings. The summed E-state index contributed by atoms with van der Waals surface area (Å²) in [6.45, 7) is 3.09. The Morgan fingerprint density at radius 2 is 1.71 bits per heavy atom. The van der Waals surface area contributed by atoms with Gasteiger partial charge in [-0.3, -0.25) is 0 Å². The van der Waals surface area contributed by atoms with E-state index in [1.807, 2.05) is 12.1 Å². The lowest BCUT2D eigenvalue weighted by atomic mass is 10.2. The zero-order valence-corrected chi connectivity index (χ0v) is 14.5. The van der Waals surface area contributed by atoms with Crippen molar-refractivity contribution in [3.05, 3.63) is 22.7 Å². The lowest BCUT2D eigenvalue weighted by molar-refractivity contribution is 0.292. The Kier molecular flexibility index (Phi) is 14.4. The second kappa shape index (κ2) is 13.2. The molecule has 0 atom stereocenters. The molecule has 0 spiro atoms. The highest BCUT2D eigenvalue weighted by Crippen LogP contribution is 2.35. The molecule has 5 nitrogen and oxygen atoms in total. The fourth-order valence-electron chi connectivity index (χ4n) is 1.69. The Morgan fingerprint density at radius 3 is 2.29 bits per heavy atom. The SMILES string of the molecule is COc1cc(CNCCNCCO)cc(Cl)c1OC.Cl.Cl. The maximum absolute atomic E-state index is 8.62. The molecule has 1 aromatic rings. The van der Waals surface area contributed by atoms with Gasteiger partial charge in [0, 0.05) is 26.2 Å². The molecule has 21 heavy (non-hydrogen) atoms. The van der Waals surface area contributed by atoms with E-state index in [1.165, 1.54) is 0 Å². The van der Waals surface area contributed by atoms with E-state index in [1.54, 1.807) is 14.2 Å². The van der Waals surface area contributed by atoms with Crippen LogP contribution in [0.3, 0.4) is 0 Å². The van der Waals surface area contributed by atoms with Crippen LogP contribution in [-0.4, -0.2) is 45.6 Å². The zero-order chi connectivity index (χ0) is 14.1. The summed E-state index contributed by atoms with van der Waals surface area (Å²) >= 11 is 6.12. The Morgan fingerprint density at radius 1 is 1.05 bits per heavy atom. The van der Waals surface area contributed by atoms with Gasteiger partial charge in [0.25, 0.3) is 0 Å². The standard InChI is InChI=1S/C13H21ClN2O3.2ClH/c1-18-12-8-10(7-11(14)13(12)19-2)9-16-4-3-15-5-6-17;;/h7-8,15-17H,3-6,9H2,1-2H3;2*1H. The first-order valence-electron chi connectivity index (χ1n) is 6.15. The number of methoxy groups -OCH3 is 2. The Bertz CT molecular complexity index is 395. The van der Waals surface area contributed by atoms with Crippen LogP contribution in [0.2, 0.25) is 5.02 Å². The molecule has 8 heteroatoms. The highest BCUT2D eigenvalue weighted by atomic mass is 35.5. The van der Waals surface area contributed by atoms with Crippen molar-refractivity contribution in [3.63, 3.8) is 0 Å². The van der Waals surface area contributed by atoms with Crippen LogP contribution in [0.25, 0.3) is 0 Å². The monoisotopic (exact) mass is 360 g/mol. The van der Waals surface area contributed by atoms with E-state index in [0.717, 1.165) is 18.7 Å². The minimum absolute atomic E-state index is 0. The topological polar surface area (TPSA) is 62.8 Å². The molecule has 0 amide bonds. The van der Waals surface area contributed by atoms with Crippen LogP contribution in [0.15, 0.2) is 12.1 Å². The lowest BCUT2D eigenvalue weighted by Gasteiger charge is -2.12. The van der Waals surface area contributed by atoms with E-state index in [0.29, 0.717) is 29.6 Å². The Hall–Kier alpha value is -0.430. The average Bonchev–Trinajstić information content (AvgIpc) is 2.42. The van der Waals surface area contributed by atoms with Crippen molar-refractivity contribution in [2.24, 2.45) is 0 Å². The summed E-state index contributed by atoms with van der Waals surface area (Å²) in [6.07, 6.45) is 0. The Labute approximate surface area is 143 Å². The van der Waals surface area contributed by atoms with Gasteiger partial charge in [-0.25, -0.2) is 0 Å². The summed E-state index contributed by atoms with van der Waals surface area (Å²) in [5.74, 6) is 1.18. The summed E-state index contributed by atoms with van der Waals surface area (Å²) in [4.78, 5) is 0. The number of ether oxygens (including phenoxy) is 2. The minimum atomic E-state index is 0. The van der Waals surface area contributed by atoms with Crippen molar-refractivity contribution in [2.45, 2.75) is 6.54 Å². The van der Waals surface area contributed by atoms with Gasteiger partial charge in [-0.05, 0) is 17.7 Å². The average molecular weight is 362 g/mol. The number of nitrogens with one attached hydrogen (secondary N) is 2. The van der Waals surface area contributed by atoms with Gasteiger partial charge in [-0.15, -0.1) is 24.8 Å². The van der Waals surface area contributed by atoms with Crippen LogP contribution < -0.4 is 20.1 Å². The van der Waals surface area contributed by atoms with Gasteiger partial charge in [0.2, 0.25) is 0 Å². The van der Waals surface area contributed by atoms with E-state index >= 15 is 0 Å². The summed E-state index contributed by atoms with van der Waals surface area (Å²) in [5.41, 5.74) is 1.03. The second-order valence-corrected chi connectivity index (χ2v) is 4.37. The predicted molar refractivity (Wildman–Crippen MR) is 90.7 cm³/mol. The van der Waals surface area contributed by atoms with Crippen molar-refractivity contribution >= 4 is 36.4 Å². The van der Waals surface area contributed by atoms with E-state index in [-0.39, 0.29) is 31.4 Å². The maximum Gasteiger partial charge on any atom is 0.179 e. The highest BCUT2D eigenvalue weighted by Gasteiger charge is 2.10. The van der Waals surface area contributed by atoms with E-state index in [9.17, 15) is 0 Å². The second-order valence-electron chi connectivity index (χ2n) is 3.96. The van der Waals surface area contributed by atoms with Crippen molar-refractivity contribution < 1.29 is 14.6 Å². The van der Waals surface area contributed by atoms with Gasteiger partial charge in [-0.2, -0.15) is 0 Å². The number of aliphatic hydroxyl groups excluding tert-OH is 1. The molecule has 3 N–H and O–H groups in total. The molecule has 0 radical (unpaired) electrons. The molecule has 1 aromatic carbocycles. The fourth-order valence-corrected chi connectivity index (χ4v) is 2.00. The van der Waals surface area contributed by atoms with Crippen molar-refractivity contribution in [2.75, 3.05) is 40.5 Å². The molecule has 0 aliphatic carbocycles. The summed E-state index contributed by atoms with van der Waals surface area (Å²) < 4.78 is 10.4. The number of aliphatic hydroxyl groups is 1. The third kappa shape index (κ3) is 7.95. The van der Waals surface area contributed by atoms with E-state index in [4.69, 9.17) is 26.2 Å². The van der Waals surface area contributed by atoms with Gasteiger partial charge in [0.1, 0.15) is 0 Å². The smallest absolute Gasteiger partial charge is 0.179 e. The van der Waals surface area contributed by atoms with Crippen LogP contribution >= 0.6 is 36.4 Å². The molecule has 1 rings (SSSR count). The summed E-state index contributed by atoms with van der Waals surface area (Å²) in [7, 11) is 3.15. The summed E-state index contributed by atoms with van der Waals surface area (Å²) in [6, 6.07) is 3.76. The fraction of sp³-hybridized carbons (Fsp3) is 0.538. The van der Waals surface area contributed by atoms with Crippen LogP contribution in [0, 0.1) is 0 Å². The molecule has 0 bridgehead atoms. The van der Waals surface area contributed by atoms with Gasteiger partial charge in [-0.1, -0.05) is 11.6 Å². The third-order valence-corrected chi connectivity index (χ3v) is 2.87. The first-order chi connectivity index (χ1) is 9.22. The largest absolute Gasteiger partial charge is 0.493 e. The number of hydrogen-bond acceptors (Lipinski definition) is 5. The maximum atomic E-state index is 8.62. The van der Waals surface area contributed by atoms with Gasteiger partial charge in [0.15, 0.2) is 11.5 Å². The van der Waals surface area contributed by atoms with Crippen molar-refractivity contribution in [1.82, 2.24) is 10.6 Å². The van der Waals surface area contributed by atoms with Gasteiger partial charge >= 0.3 is 0 Å². The normalized spacial score (nSPS) is 9.52. The number of hydrogen-bond donors (Lipinski definition) is 3. The lowest BCUT2D eigenvalue weighted by Crippen LogP contribution is -2.28. The van der Waals surface area contributed by atoms with Crippen LogP contribution in [-0.2, 0) is 6.54 Å². The molecule has 124 valence electrons. The minimum Gasteiger partial charge on any atom is -0.493 e. The van der Waals surface area contributed by atoms with Crippen LogP contribution in [0.4, 0.5) is 0 Å². The Balaban J connectivity index is 0. The molecule has 0 saturated carbocycles. The molecule has 0 aliphatic rings. The van der Waals surface area contributed by atoms with Crippen molar-refractivity contribution in [3.8, 4) is 11.5 Å². The van der Waals surface area contributed by atoms with Crippen LogP contribution in [0.1, 0.15) is 5.56 Å². The molecular formula is C13H23Cl3N2O3. The predicted octanol–water partition coefficient (Wildman–Crippen LogP) is 1.87. The molecule has 0 aliphatic heterocycles. The van der Waals surface area contributed by atoms with Gasteiger partial charge < -0.3 is 25.2 Å². The first-order valence-corrected chi connectivity index (χ1v) is 6.53. The molecule has 0 saturated heterocycles. The highest BCUT2D eigenvalue weighted by molar-refractivity contribution is 6.32. The number of benzene rings is 1. The molecule has 0 unspecified atom stereocenters.